The SMILES string of the molecule is COc1ccnnc1NS(=O)(=O)c1cccc(Cl)c1Cl. The Morgan fingerprint density at radius 1 is 1.25 bits per heavy atom. The molecular formula is C11H9Cl2N3O3S. The topological polar surface area (TPSA) is 81.2 Å². The zero-order chi connectivity index (χ0) is 14.8. The number of ether oxygens (including phenoxy) is 1. The molecule has 0 saturated carbocycles. The van der Waals surface area contributed by atoms with Crippen molar-refractivity contribution in [3.8, 4) is 5.75 Å². The standard InChI is InChI=1S/C11H9Cl2N3O3S/c1-19-8-5-6-14-15-11(8)16-20(17,18)9-4-2-3-7(12)10(9)13/h2-6H,1H3,(H,15,16). The first-order valence-corrected chi connectivity index (χ1v) is 7.52. The van der Waals surface area contributed by atoms with E-state index in [4.69, 9.17) is 27.9 Å². The summed E-state index contributed by atoms with van der Waals surface area (Å²) in [5, 5.41) is 7.34. The highest BCUT2D eigenvalue weighted by Gasteiger charge is 2.21. The summed E-state index contributed by atoms with van der Waals surface area (Å²) in [6.07, 6.45) is 1.38. The lowest BCUT2D eigenvalue weighted by Gasteiger charge is -2.11. The Kier molecular flexibility index (Phi) is 4.32. The molecule has 0 aliphatic carbocycles. The van der Waals surface area contributed by atoms with E-state index in [0.29, 0.717) is 0 Å². The molecule has 1 heterocycles. The number of aromatic nitrogens is 2. The third-order valence-electron chi connectivity index (χ3n) is 2.34. The molecule has 106 valence electrons. The van der Waals surface area contributed by atoms with E-state index in [9.17, 15) is 8.42 Å². The van der Waals surface area contributed by atoms with E-state index >= 15 is 0 Å². The molecule has 2 rings (SSSR count). The van der Waals surface area contributed by atoms with Gasteiger partial charge in [0.2, 0.25) is 5.82 Å². The van der Waals surface area contributed by atoms with Crippen LogP contribution < -0.4 is 9.46 Å². The number of hydrogen-bond donors (Lipinski definition) is 1. The van der Waals surface area contributed by atoms with Crippen molar-refractivity contribution in [2.45, 2.75) is 4.90 Å². The van der Waals surface area contributed by atoms with Gasteiger partial charge in [0.15, 0.2) is 5.75 Å². The number of methoxy groups -OCH3 is 1. The average molecular weight is 334 g/mol. The number of nitrogens with zero attached hydrogens (tertiary/aromatic N) is 2. The van der Waals surface area contributed by atoms with Gasteiger partial charge in [-0.2, -0.15) is 5.10 Å². The molecule has 1 N–H and O–H groups in total. The van der Waals surface area contributed by atoms with Crippen molar-refractivity contribution in [3.63, 3.8) is 0 Å². The quantitative estimate of drug-likeness (QED) is 0.929. The zero-order valence-electron chi connectivity index (χ0n) is 10.2. The molecule has 6 nitrogen and oxygen atoms in total. The van der Waals surface area contributed by atoms with Gasteiger partial charge in [0, 0.05) is 6.07 Å². The number of benzene rings is 1. The van der Waals surface area contributed by atoms with Gasteiger partial charge < -0.3 is 4.74 Å². The maximum atomic E-state index is 12.3. The molecule has 0 aliphatic heterocycles. The molecule has 0 bridgehead atoms. The Morgan fingerprint density at radius 3 is 2.70 bits per heavy atom. The van der Waals surface area contributed by atoms with Crippen LogP contribution in [0.1, 0.15) is 0 Å². The number of halogens is 2. The van der Waals surface area contributed by atoms with Crippen molar-refractivity contribution in [1.82, 2.24) is 10.2 Å². The van der Waals surface area contributed by atoms with Gasteiger partial charge in [-0.25, -0.2) is 8.42 Å². The summed E-state index contributed by atoms with van der Waals surface area (Å²) >= 11 is 11.7. The van der Waals surface area contributed by atoms with E-state index in [1.54, 1.807) is 0 Å². The van der Waals surface area contributed by atoms with Crippen molar-refractivity contribution in [3.05, 3.63) is 40.5 Å². The van der Waals surface area contributed by atoms with Crippen LogP contribution in [0.5, 0.6) is 5.75 Å². The summed E-state index contributed by atoms with van der Waals surface area (Å²) < 4.78 is 31.8. The van der Waals surface area contributed by atoms with Crippen molar-refractivity contribution < 1.29 is 13.2 Å². The fourth-order valence-electron chi connectivity index (χ4n) is 1.43. The highest BCUT2D eigenvalue weighted by Crippen LogP contribution is 2.31. The molecular weight excluding hydrogens is 325 g/mol. The Labute approximate surface area is 125 Å². The summed E-state index contributed by atoms with van der Waals surface area (Å²) in [5.41, 5.74) is 0. The van der Waals surface area contributed by atoms with Crippen LogP contribution in [0.3, 0.4) is 0 Å². The van der Waals surface area contributed by atoms with Crippen LogP contribution in [0.25, 0.3) is 0 Å². The molecule has 0 amide bonds. The summed E-state index contributed by atoms with van der Waals surface area (Å²) in [7, 11) is -2.56. The first-order valence-electron chi connectivity index (χ1n) is 5.28. The minimum absolute atomic E-state index is 0.0361. The van der Waals surface area contributed by atoms with Gasteiger partial charge in [-0.1, -0.05) is 29.3 Å². The maximum absolute atomic E-state index is 12.3. The summed E-state index contributed by atoms with van der Waals surface area (Å²) in [5.74, 6) is 0.202. The van der Waals surface area contributed by atoms with Crippen molar-refractivity contribution in [1.29, 1.82) is 0 Å². The minimum Gasteiger partial charge on any atom is -0.493 e. The lowest BCUT2D eigenvalue weighted by molar-refractivity contribution is 0.414. The predicted molar refractivity (Wildman–Crippen MR) is 75.9 cm³/mol. The predicted octanol–water partition coefficient (Wildman–Crippen LogP) is 2.59. The third kappa shape index (κ3) is 2.95. The van der Waals surface area contributed by atoms with Gasteiger partial charge in [-0.15, -0.1) is 5.10 Å². The third-order valence-corrected chi connectivity index (χ3v) is 4.65. The second kappa shape index (κ2) is 5.82. The van der Waals surface area contributed by atoms with Crippen LogP contribution in [-0.4, -0.2) is 25.7 Å². The molecule has 0 unspecified atom stereocenters. The number of rotatable bonds is 4. The Morgan fingerprint density at radius 2 is 2.00 bits per heavy atom. The average Bonchev–Trinajstić information content (AvgIpc) is 2.42. The largest absolute Gasteiger partial charge is 0.493 e. The lowest BCUT2D eigenvalue weighted by Crippen LogP contribution is -2.15. The first kappa shape index (κ1) is 14.8. The molecule has 0 aliphatic rings. The second-order valence-corrected chi connectivity index (χ2v) is 6.04. The molecule has 20 heavy (non-hydrogen) atoms. The van der Waals surface area contributed by atoms with Gasteiger partial charge >= 0.3 is 0 Å². The second-order valence-electron chi connectivity index (χ2n) is 3.61. The molecule has 0 saturated heterocycles. The van der Waals surface area contributed by atoms with Crippen LogP contribution in [0.2, 0.25) is 10.0 Å². The van der Waals surface area contributed by atoms with Crippen molar-refractivity contribution >= 4 is 39.0 Å². The molecule has 0 fully saturated rings. The highest BCUT2D eigenvalue weighted by atomic mass is 35.5. The van der Waals surface area contributed by atoms with Gasteiger partial charge in [0.1, 0.15) is 4.90 Å². The van der Waals surface area contributed by atoms with E-state index in [1.807, 2.05) is 0 Å². The van der Waals surface area contributed by atoms with Crippen LogP contribution in [0, 0.1) is 0 Å². The summed E-state index contributed by atoms with van der Waals surface area (Å²) in [4.78, 5) is -0.153. The smallest absolute Gasteiger partial charge is 0.264 e. The minimum atomic E-state index is -3.95. The Bertz CT molecular complexity index is 737. The molecule has 9 heteroatoms. The number of nitrogens with one attached hydrogen (secondary N) is 1. The van der Waals surface area contributed by atoms with Crippen LogP contribution >= 0.6 is 23.2 Å². The van der Waals surface area contributed by atoms with Crippen LogP contribution in [0.4, 0.5) is 5.82 Å². The highest BCUT2D eigenvalue weighted by molar-refractivity contribution is 7.92. The zero-order valence-corrected chi connectivity index (χ0v) is 12.5. The van der Waals surface area contributed by atoms with Crippen molar-refractivity contribution in [2.24, 2.45) is 0 Å². The van der Waals surface area contributed by atoms with Crippen LogP contribution in [0.15, 0.2) is 35.4 Å². The first-order chi connectivity index (χ1) is 9.45. The van der Waals surface area contributed by atoms with E-state index in [-0.39, 0.29) is 26.5 Å². The lowest BCUT2D eigenvalue weighted by atomic mass is 10.4. The maximum Gasteiger partial charge on any atom is 0.264 e. The molecule has 2 aromatic rings. The normalized spacial score (nSPS) is 11.2. The fourth-order valence-corrected chi connectivity index (χ4v) is 3.20. The Hall–Kier alpha value is -1.57. The monoisotopic (exact) mass is 333 g/mol. The van der Waals surface area contributed by atoms with Gasteiger partial charge in [-0.3, -0.25) is 4.72 Å². The number of hydrogen-bond acceptors (Lipinski definition) is 5. The molecule has 0 atom stereocenters. The molecule has 1 aromatic heterocycles. The van der Waals surface area contributed by atoms with Gasteiger partial charge in [0.25, 0.3) is 10.0 Å². The number of sulfonamides is 1. The fraction of sp³-hybridized carbons (Fsp3) is 0.0909. The van der Waals surface area contributed by atoms with E-state index in [1.165, 1.54) is 37.6 Å². The number of anilines is 1. The van der Waals surface area contributed by atoms with E-state index in [0.717, 1.165) is 0 Å². The summed E-state index contributed by atoms with van der Waals surface area (Å²) in [6.45, 7) is 0. The van der Waals surface area contributed by atoms with Gasteiger partial charge in [0.05, 0.1) is 23.4 Å². The van der Waals surface area contributed by atoms with Crippen molar-refractivity contribution in [2.75, 3.05) is 11.8 Å². The van der Waals surface area contributed by atoms with Gasteiger partial charge in [-0.05, 0) is 12.1 Å². The Balaban J connectivity index is 2.44. The molecule has 0 radical (unpaired) electrons. The van der Waals surface area contributed by atoms with Crippen LogP contribution in [-0.2, 0) is 10.0 Å². The molecule has 0 spiro atoms. The van der Waals surface area contributed by atoms with E-state index in [2.05, 4.69) is 14.9 Å². The van der Waals surface area contributed by atoms with E-state index < -0.39 is 10.0 Å². The molecule has 1 aromatic carbocycles. The summed E-state index contributed by atoms with van der Waals surface area (Å²) in [6, 6.07) is 5.78.